The number of nitrogens with one attached hydrogen (secondary N) is 5. The van der Waals surface area contributed by atoms with Gasteiger partial charge in [-0.15, -0.1) is 0 Å². The third-order valence-corrected chi connectivity index (χ3v) is 18.8. The molecule has 2 aliphatic heterocycles. The number of guanidine groups is 1. The summed E-state index contributed by atoms with van der Waals surface area (Å²) in [6.07, 6.45) is 3.02. The number of ether oxygens (including phenoxy) is 1. The number of aryl methyl sites for hydroxylation is 1. The molecule has 2 bridgehead atoms. The molecule has 33 heteroatoms. The molecule has 0 unspecified atom stereocenters. The summed E-state index contributed by atoms with van der Waals surface area (Å²) in [5.41, 5.74) is 14.0. The van der Waals surface area contributed by atoms with Gasteiger partial charge in [-0.05, 0) is 111 Å². The molecule has 7 rings (SSSR count). The smallest absolute Gasteiger partial charge is 0.294 e. The first kappa shape index (κ1) is 77.9. The maximum atomic E-state index is 14.0. The van der Waals surface area contributed by atoms with Crippen molar-refractivity contribution in [2.24, 2.45) is 37.8 Å². The second-order valence-corrected chi connectivity index (χ2v) is 27.7. The van der Waals surface area contributed by atoms with E-state index in [1.54, 1.807) is 54.0 Å². The van der Waals surface area contributed by atoms with E-state index in [0.717, 1.165) is 16.6 Å². The number of amides is 5. The first-order valence-electron chi connectivity index (χ1n) is 29.0. The van der Waals surface area contributed by atoms with Crippen molar-refractivity contribution in [3.8, 4) is 5.75 Å². The van der Waals surface area contributed by atoms with Crippen molar-refractivity contribution in [3.05, 3.63) is 143 Å². The zero-order valence-electron chi connectivity index (χ0n) is 51.2. The van der Waals surface area contributed by atoms with Crippen LogP contribution in [0, 0.1) is 24.7 Å². The molecule has 4 aromatic carbocycles. The van der Waals surface area contributed by atoms with E-state index in [2.05, 4.69) is 40.2 Å². The molecule has 29 nitrogen and oxygen atoms in total. The van der Waals surface area contributed by atoms with Crippen molar-refractivity contribution in [1.82, 2.24) is 31.7 Å². The Hall–Kier alpha value is -7.58. The van der Waals surface area contributed by atoms with E-state index in [-0.39, 0.29) is 66.5 Å². The van der Waals surface area contributed by atoms with Crippen molar-refractivity contribution in [2.75, 3.05) is 52.6 Å². The number of hydrogen-bond acceptors (Lipinski definition) is 18. The number of fused-ring (bicyclic) bond motifs is 11. The number of aromatic nitrogens is 1. The molecular formula is C60H80N11O18PS2Tc. The summed E-state index contributed by atoms with van der Waals surface area (Å²) in [6, 6.07) is 27.8. The average Bonchev–Trinajstić information content (AvgIpc) is 0.813. The largest absolute Gasteiger partial charge is 0.642 e. The SMILES string of the molecule is CC(C)C[C@H]1C(=O)N[C@H](C(=O)N[C@@H](CCCN=C(N)N)C(=O)NCCNC(=O)c2ccc(C[N]=[Tc])nc2)Cc2ccc(cc2)OCCC[C@@H]1C(=O)NO.Cc1cccc([PH+](c2cccc(S(=O)(=O)O)c2)c2cccc(S(=O)(=O)O)c2)c1.O=C(O)C[N-]C(CO)(CO)CO. The number of carboxylic acid groups (broad SMARTS) is 1. The van der Waals surface area contributed by atoms with Gasteiger partial charge in [-0.2, -0.15) is 16.8 Å². The summed E-state index contributed by atoms with van der Waals surface area (Å²) < 4.78 is 74.9. The minimum Gasteiger partial charge on any atom is -0.642 e. The van der Waals surface area contributed by atoms with Gasteiger partial charge < -0.3 is 52.6 Å². The number of aliphatic hydroxyl groups excluding tert-OH is 3. The second-order valence-electron chi connectivity index (χ2n) is 21.8. The van der Waals surface area contributed by atoms with E-state index in [1.807, 2.05) is 63.8 Å². The van der Waals surface area contributed by atoms with E-state index in [4.69, 9.17) is 36.6 Å². The van der Waals surface area contributed by atoms with Crippen LogP contribution in [0.4, 0.5) is 0 Å². The number of carbonyl (C=O) groups excluding carboxylic acids is 5. The molecule has 0 radical (unpaired) electrons. The van der Waals surface area contributed by atoms with Crippen LogP contribution in [-0.4, -0.2) is 168 Å². The molecule has 0 saturated heterocycles. The van der Waals surface area contributed by atoms with Crippen LogP contribution in [-0.2, 0) is 75.9 Å². The number of aliphatic hydroxyl groups is 3. The van der Waals surface area contributed by atoms with Crippen LogP contribution in [0.5, 0.6) is 5.75 Å². The quantitative estimate of drug-likeness (QED) is 0.00648. The normalized spacial score (nSPS) is 15.4. The van der Waals surface area contributed by atoms with Crippen LogP contribution in [0.3, 0.4) is 0 Å². The van der Waals surface area contributed by atoms with Gasteiger partial charge in [-0.1, -0.05) is 55.8 Å². The predicted octanol–water partition coefficient (Wildman–Crippen LogP) is 0.520. The zero-order valence-corrected chi connectivity index (χ0v) is 55.7. The van der Waals surface area contributed by atoms with Gasteiger partial charge in [0.05, 0.1) is 30.2 Å². The van der Waals surface area contributed by atoms with Crippen LogP contribution in [0.25, 0.3) is 5.32 Å². The summed E-state index contributed by atoms with van der Waals surface area (Å²) in [7, 11) is -10.6. The average molecular weight is 1440 g/mol. The van der Waals surface area contributed by atoms with Gasteiger partial charge in [0.2, 0.25) is 17.7 Å². The third-order valence-electron chi connectivity index (χ3n) is 14.1. The van der Waals surface area contributed by atoms with Crippen LogP contribution >= 0.6 is 7.92 Å². The van der Waals surface area contributed by atoms with Crippen LogP contribution < -0.4 is 58.9 Å². The summed E-state index contributed by atoms with van der Waals surface area (Å²) >= 11 is 1.88. The van der Waals surface area contributed by atoms with Gasteiger partial charge in [0, 0.05) is 50.8 Å². The molecule has 0 spiro atoms. The molecule has 5 aromatic rings. The number of carbonyl (C=O) groups is 6. The van der Waals surface area contributed by atoms with Crippen molar-refractivity contribution in [2.45, 2.75) is 93.3 Å². The number of carboxylic acids is 1. The molecule has 2 aliphatic rings. The van der Waals surface area contributed by atoms with Crippen molar-refractivity contribution in [3.63, 3.8) is 0 Å². The van der Waals surface area contributed by atoms with Crippen LogP contribution in [0.15, 0.2) is 134 Å². The Morgan fingerprint density at radius 1 is 0.839 bits per heavy atom. The second kappa shape index (κ2) is 38.6. The summed E-state index contributed by atoms with van der Waals surface area (Å²) in [5.74, 6) is -5.17. The molecule has 507 valence electrons. The summed E-state index contributed by atoms with van der Waals surface area (Å²) in [6.45, 7) is 4.57. The molecule has 4 atom stereocenters. The van der Waals surface area contributed by atoms with Gasteiger partial charge in [0.25, 0.3) is 26.2 Å². The van der Waals surface area contributed by atoms with Gasteiger partial charge in [-0.3, -0.25) is 43.3 Å². The fraction of sp³-hybridized carbons (Fsp3) is 0.400. The fourth-order valence-corrected chi connectivity index (χ4v) is 13.6. The maximum Gasteiger partial charge on any atom is 0.294 e. The van der Waals surface area contributed by atoms with Gasteiger partial charge in [-0.25, -0.2) is 5.48 Å². The van der Waals surface area contributed by atoms with Crippen molar-refractivity contribution in [1.29, 1.82) is 0 Å². The standard InChI is InChI=1S/C35H50N10O7.C19H17O6PS2.C6H12NO5.Tc/c1-21(2)17-27-26(32(48)45-51)5-4-16-52-25-11-7-22(8-12-25)18-29(44-31(27)47)34(50)43-28(6-3-13-41-35(37)38)33(49)40-15-14-39-30(46)23-9-10-24(19-36)42-20-23;1-14-5-2-6-15(11-14)26(16-7-3-9-18(12-16)27(20,21)22)17-8-4-10-19(13-17)28(23,24)25;8-2-6(3-9,4-10)7-1-5(11)12;/h7-12,20-21,26-29,51H,3-6,13-19H2,1-2H3,(H,39,46)(H,40,49)(H,43,50)(H,44,47)(H,45,48)(H4,37,38,41);2-13H,1H3,(H,20,21,22)(H,23,24,25);8-10H,1-4H2,(H,11,12);/q;;-1;/p+1/t26-,27+,28-,29-;;;/m0.../s1. The Bertz CT molecular complexity index is 3490. The number of rotatable bonds is 27. The molecule has 5 amide bonds. The number of pyridine rings is 1. The first-order valence-corrected chi connectivity index (χ1v) is 34.2. The van der Waals surface area contributed by atoms with Crippen molar-refractivity contribution >= 4 is 85.5 Å². The Labute approximate surface area is 550 Å². The molecule has 0 saturated carbocycles. The molecule has 0 aliphatic carbocycles. The maximum absolute atomic E-state index is 14.0. The molecule has 16 N–H and O–H groups in total. The monoisotopic (exact) mass is 1430 g/mol. The van der Waals surface area contributed by atoms with Crippen LogP contribution in [0.2, 0.25) is 0 Å². The Kier molecular flexibility index (Phi) is 32.3. The molecule has 0 fully saturated rings. The Morgan fingerprint density at radius 3 is 1.95 bits per heavy atom. The van der Waals surface area contributed by atoms with Crippen LogP contribution in [0.1, 0.15) is 73.1 Å². The molecule has 3 heterocycles. The summed E-state index contributed by atoms with van der Waals surface area (Å²) in [5, 5.41) is 60.6. The number of nitrogens with two attached hydrogens (primary N) is 2. The number of hydroxylamine groups is 1. The predicted molar refractivity (Wildman–Crippen MR) is 341 cm³/mol. The van der Waals surface area contributed by atoms with Gasteiger partial charge in [0.1, 0.15) is 33.7 Å². The first-order chi connectivity index (χ1) is 44.1. The Morgan fingerprint density at radius 2 is 1.43 bits per heavy atom. The number of benzene rings is 4. The minimum absolute atomic E-state index is 0.0103. The number of hydrogen-bond donors (Lipinski definition) is 14. The van der Waals surface area contributed by atoms with Gasteiger partial charge in [0.15, 0.2) is 5.96 Å². The number of aliphatic imine (C=N–C) groups is 1. The van der Waals surface area contributed by atoms with Crippen molar-refractivity contribution < 1.29 is 104 Å². The summed E-state index contributed by atoms with van der Waals surface area (Å²) in [4.78, 5) is 84.6. The number of nitrogens with zero attached hydrogens (tertiary/aromatic N) is 4. The van der Waals surface area contributed by atoms with E-state index < -0.39 is 114 Å². The molecule has 1 aromatic heterocycles. The van der Waals surface area contributed by atoms with E-state index >= 15 is 0 Å². The van der Waals surface area contributed by atoms with E-state index in [1.165, 1.54) is 42.6 Å². The van der Waals surface area contributed by atoms with E-state index in [9.17, 15) is 59.9 Å². The molecule has 93 heavy (non-hydrogen) atoms. The molecular weight excluding hydrogens is 1360 g/mol. The Balaban J connectivity index is 0.000000379. The zero-order chi connectivity index (χ0) is 68.9. The fourth-order valence-electron chi connectivity index (χ4n) is 9.30. The van der Waals surface area contributed by atoms with E-state index in [0.29, 0.717) is 59.9 Å². The number of aliphatic carboxylic acids is 1. The van der Waals surface area contributed by atoms with Gasteiger partial charge >= 0.3 is 104 Å². The minimum atomic E-state index is -4.38. The topological polar surface area (TPSA) is 485 Å². The third kappa shape index (κ3) is 26.4.